The van der Waals surface area contributed by atoms with Crippen molar-refractivity contribution >= 4 is 16.0 Å². The number of hydrogen-bond acceptors (Lipinski definition) is 4. The van der Waals surface area contributed by atoms with Gasteiger partial charge < -0.3 is 4.74 Å². The van der Waals surface area contributed by atoms with Gasteiger partial charge in [-0.15, -0.1) is 0 Å². The third-order valence-corrected chi connectivity index (χ3v) is 6.11. The predicted molar refractivity (Wildman–Crippen MR) is 77.1 cm³/mol. The summed E-state index contributed by atoms with van der Waals surface area (Å²) in [5.74, 6) is -0.694. The molecule has 21 heavy (non-hydrogen) atoms. The van der Waals surface area contributed by atoms with Gasteiger partial charge in [-0.05, 0) is 26.0 Å². The Hall–Kier alpha value is -1.66. The van der Waals surface area contributed by atoms with Gasteiger partial charge in [-0.25, -0.2) is 13.2 Å². The molecule has 0 aromatic heterocycles. The lowest BCUT2D eigenvalue weighted by atomic mass is 9.90. The highest BCUT2D eigenvalue weighted by Crippen LogP contribution is 2.43. The van der Waals surface area contributed by atoms with E-state index in [0.29, 0.717) is 5.57 Å². The molecule has 0 saturated carbocycles. The second kappa shape index (κ2) is 4.42. The van der Waals surface area contributed by atoms with Gasteiger partial charge in [0, 0.05) is 18.0 Å². The lowest BCUT2D eigenvalue weighted by molar-refractivity contribution is -0.145. The average molecular weight is 307 g/mol. The third kappa shape index (κ3) is 2.10. The molecule has 6 heteroatoms. The summed E-state index contributed by atoms with van der Waals surface area (Å²) in [4.78, 5) is 11.8. The maximum absolute atomic E-state index is 12.7. The number of sulfonamides is 1. The molecule has 1 aromatic carbocycles. The van der Waals surface area contributed by atoms with Gasteiger partial charge in [0.05, 0.1) is 11.4 Å². The van der Waals surface area contributed by atoms with Crippen molar-refractivity contribution in [2.45, 2.75) is 24.3 Å². The first-order valence-corrected chi connectivity index (χ1v) is 8.17. The number of esters is 1. The minimum absolute atomic E-state index is 0.165. The van der Waals surface area contributed by atoms with Crippen molar-refractivity contribution in [3.8, 4) is 0 Å². The Morgan fingerprint density at radius 3 is 2.52 bits per heavy atom. The van der Waals surface area contributed by atoms with Crippen LogP contribution in [0, 0.1) is 12.8 Å². The lowest BCUT2D eigenvalue weighted by Gasteiger charge is -2.22. The van der Waals surface area contributed by atoms with Gasteiger partial charge in [0.25, 0.3) is 0 Å². The Kier molecular flexibility index (Phi) is 3.00. The Morgan fingerprint density at radius 1 is 1.33 bits per heavy atom. The van der Waals surface area contributed by atoms with E-state index in [2.05, 4.69) is 6.58 Å². The Bertz CT molecular complexity index is 723. The highest BCUT2D eigenvalue weighted by Gasteiger charge is 2.56. The Morgan fingerprint density at radius 2 is 1.95 bits per heavy atom. The predicted octanol–water partition coefficient (Wildman–Crippen LogP) is 1.49. The quantitative estimate of drug-likeness (QED) is 0.613. The molecule has 0 spiro atoms. The molecule has 2 aliphatic heterocycles. The van der Waals surface area contributed by atoms with E-state index >= 15 is 0 Å². The fourth-order valence-electron chi connectivity index (χ4n) is 2.97. The summed E-state index contributed by atoms with van der Waals surface area (Å²) in [5, 5.41) is 0. The van der Waals surface area contributed by atoms with Gasteiger partial charge in [0.15, 0.2) is 0 Å². The van der Waals surface area contributed by atoms with E-state index in [-0.39, 0.29) is 23.9 Å². The lowest BCUT2D eigenvalue weighted by Crippen LogP contribution is -2.36. The van der Waals surface area contributed by atoms with E-state index in [0.717, 1.165) is 5.56 Å². The van der Waals surface area contributed by atoms with Crippen LogP contribution in [0.1, 0.15) is 12.5 Å². The summed E-state index contributed by atoms with van der Waals surface area (Å²) in [6, 6.07) is 6.73. The van der Waals surface area contributed by atoms with E-state index in [4.69, 9.17) is 4.74 Å². The summed E-state index contributed by atoms with van der Waals surface area (Å²) in [5.41, 5.74) is 0.562. The molecule has 2 atom stereocenters. The van der Waals surface area contributed by atoms with Gasteiger partial charge in [-0.3, -0.25) is 0 Å². The van der Waals surface area contributed by atoms with Crippen LogP contribution in [0.5, 0.6) is 0 Å². The van der Waals surface area contributed by atoms with E-state index in [1.165, 1.54) is 4.31 Å². The van der Waals surface area contributed by atoms with Crippen LogP contribution in [0.3, 0.4) is 0 Å². The number of aryl methyl sites for hydroxylation is 1. The normalized spacial score (nSPS) is 29.5. The number of rotatable bonds is 2. The summed E-state index contributed by atoms with van der Waals surface area (Å²) in [6.07, 6.45) is 0. The van der Waals surface area contributed by atoms with Crippen molar-refractivity contribution in [2.75, 3.05) is 13.1 Å². The number of carbonyl (C=O) groups excluding carboxylic acids is 1. The first-order valence-electron chi connectivity index (χ1n) is 6.73. The van der Waals surface area contributed by atoms with Crippen LogP contribution in [0.2, 0.25) is 0 Å². The number of fused-ring (bicyclic) bond motifs is 1. The monoisotopic (exact) mass is 307 g/mol. The molecule has 2 fully saturated rings. The van der Waals surface area contributed by atoms with Crippen molar-refractivity contribution < 1.29 is 17.9 Å². The highest BCUT2D eigenvalue weighted by atomic mass is 32.2. The van der Waals surface area contributed by atoms with E-state index in [9.17, 15) is 13.2 Å². The number of benzene rings is 1. The van der Waals surface area contributed by atoms with Crippen LogP contribution in [-0.4, -0.2) is 37.4 Å². The average Bonchev–Trinajstić information content (AvgIpc) is 2.85. The molecule has 5 nitrogen and oxygen atoms in total. The van der Waals surface area contributed by atoms with Crippen LogP contribution >= 0.6 is 0 Å². The molecular formula is C15H17NO4S. The van der Waals surface area contributed by atoms with Crippen LogP contribution in [-0.2, 0) is 19.6 Å². The molecular weight excluding hydrogens is 290 g/mol. The second-order valence-corrected chi connectivity index (χ2v) is 7.83. The number of hydrogen-bond donors (Lipinski definition) is 0. The van der Waals surface area contributed by atoms with Crippen LogP contribution in [0.25, 0.3) is 0 Å². The van der Waals surface area contributed by atoms with Gasteiger partial charge in [-0.2, -0.15) is 4.31 Å². The summed E-state index contributed by atoms with van der Waals surface area (Å²) < 4.78 is 32.0. The van der Waals surface area contributed by atoms with Crippen molar-refractivity contribution in [2.24, 2.45) is 5.92 Å². The topological polar surface area (TPSA) is 63.7 Å². The second-order valence-electron chi connectivity index (χ2n) is 5.89. The maximum atomic E-state index is 12.7. The van der Waals surface area contributed by atoms with Gasteiger partial charge in [-0.1, -0.05) is 24.3 Å². The fourth-order valence-corrected chi connectivity index (χ4v) is 4.52. The van der Waals surface area contributed by atoms with Crippen LogP contribution < -0.4 is 0 Å². The van der Waals surface area contributed by atoms with Crippen molar-refractivity contribution in [1.82, 2.24) is 4.31 Å². The van der Waals surface area contributed by atoms with Gasteiger partial charge >= 0.3 is 5.97 Å². The molecule has 0 N–H and O–H groups in total. The summed E-state index contributed by atoms with van der Waals surface area (Å²) in [7, 11) is -3.58. The minimum Gasteiger partial charge on any atom is -0.454 e. The first kappa shape index (κ1) is 14.3. The van der Waals surface area contributed by atoms with Gasteiger partial charge in [0.2, 0.25) is 10.0 Å². The number of nitrogens with zero attached hydrogens (tertiary/aromatic N) is 1. The molecule has 2 saturated heterocycles. The third-order valence-electron chi connectivity index (χ3n) is 4.28. The Labute approximate surface area is 124 Å². The molecule has 2 heterocycles. The summed E-state index contributed by atoms with van der Waals surface area (Å²) >= 11 is 0. The minimum atomic E-state index is -3.58. The molecule has 0 radical (unpaired) electrons. The largest absolute Gasteiger partial charge is 0.454 e. The highest BCUT2D eigenvalue weighted by molar-refractivity contribution is 7.89. The van der Waals surface area contributed by atoms with Crippen molar-refractivity contribution in [3.05, 3.63) is 42.0 Å². The molecule has 112 valence electrons. The molecule has 0 unspecified atom stereocenters. The van der Waals surface area contributed by atoms with E-state index in [1.54, 1.807) is 31.2 Å². The van der Waals surface area contributed by atoms with Crippen LogP contribution in [0.4, 0.5) is 0 Å². The molecule has 3 rings (SSSR count). The summed E-state index contributed by atoms with van der Waals surface area (Å²) in [6.45, 7) is 7.79. The number of ether oxygens (including phenoxy) is 1. The SMILES string of the molecule is C=C1C(=O)O[C@@]2(C)CN(S(=O)(=O)c3ccc(C)cc3)C[C@@H]12. The van der Waals surface area contributed by atoms with Crippen LogP contribution in [0.15, 0.2) is 41.3 Å². The molecule has 0 aliphatic carbocycles. The molecule has 1 aromatic rings. The molecule has 0 bridgehead atoms. The van der Waals surface area contributed by atoms with Crippen molar-refractivity contribution in [1.29, 1.82) is 0 Å². The van der Waals surface area contributed by atoms with Gasteiger partial charge in [0.1, 0.15) is 5.60 Å². The fraction of sp³-hybridized carbons (Fsp3) is 0.400. The molecule has 0 amide bonds. The zero-order valence-corrected chi connectivity index (χ0v) is 12.8. The van der Waals surface area contributed by atoms with Crippen molar-refractivity contribution in [3.63, 3.8) is 0 Å². The maximum Gasteiger partial charge on any atom is 0.334 e. The Balaban J connectivity index is 1.92. The zero-order valence-electron chi connectivity index (χ0n) is 12.0. The standard InChI is InChI=1S/C15H17NO4S/c1-10-4-6-12(7-5-10)21(18,19)16-8-13-11(2)14(17)20-15(13,3)9-16/h4-7,13H,2,8-9H2,1,3H3/t13-,15-/m0/s1. The first-order chi connectivity index (χ1) is 9.74. The smallest absolute Gasteiger partial charge is 0.334 e. The number of carbonyl (C=O) groups is 1. The van der Waals surface area contributed by atoms with E-state index in [1.807, 2.05) is 6.92 Å². The van der Waals surface area contributed by atoms with E-state index < -0.39 is 21.6 Å². The zero-order chi connectivity index (χ0) is 15.4. The molecule has 2 aliphatic rings.